The summed E-state index contributed by atoms with van der Waals surface area (Å²) in [5, 5.41) is 3.18. The second kappa shape index (κ2) is 5.46. The molecule has 4 aliphatic carbocycles. The maximum atomic E-state index is 12.6. The normalized spacial score (nSPS) is 36.4. The smallest absolute Gasteiger partial charge is 0.270 e. The monoisotopic (exact) mass is 329 g/mol. The Bertz CT molecular complexity index is 674. The molecule has 4 bridgehead atoms. The number of nitrogens with zero attached hydrogens (tertiary/aromatic N) is 1. The summed E-state index contributed by atoms with van der Waals surface area (Å²) in [5.74, 6) is 1.38. The van der Waals surface area contributed by atoms with E-state index in [1.54, 1.807) is 18.2 Å². The minimum atomic E-state index is -0.327. The number of hydrogen-bond donors (Lipinski definition) is 2. The Morgan fingerprint density at radius 2 is 1.96 bits per heavy atom. The first-order valence-corrected chi connectivity index (χ1v) is 8.62. The third kappa shape index (κ3) is 2.36. The fourth-order valence-corrected chi connectivity index (χ4v) is 5.44. The van der Waals surface area contributed by atoms with Crippen molar-refractivity contribution >= 4 is 11.8 Å². The lowest BCUT2D eigenvalue weighted by atomic mass is 9.47. The Morgan fingerprint density at radius 1 is 1.25 bits per heavy atom. The number of methoxy groups -OCH3 is 1. The van der Waals surface area contributed by atoms with Crippen molar-refractivity contribution in [2.24, 2.45) is 28.9 Å². The number of rotatable bonds is 4. The molecule has 1 heterocycles. The van der Waals surface area contributed by atoms with Crippen LogP contribution in [0.5, 0.6) is 5.88 Å². The van der Waals surface area contributed by atoms with Crippen LogP contribution in [0.15, 0.2) is 18.2 Å². The van der Waals surface area contributed by atoms with Gasteiger partial charge in [0.1, 0.15) is 5.69 Å². The number of pyridine rings is 1. The molecule has 2 unspecified atom stereocenters. The van der Waals surface area contributed by atoms with Gasteiger partial charge in [0.25, 0.3) is 5.91 Å². The molecule has 6 nitrogen and oxygen atoms in total. The Morgan fingerprint density at radius 3 is 2.58 bits per heavy atom. The second-order valence-electron chi connectivity index (χ2n) is 7.68. The van der Waals surface area contributed by atoms with Gasteiger partial charge in [0.2, 0.25) is 11.8 Å². The van der Waals surface area contributed by atoms with Crippen molar-refractivity contribution in [1.29, 1.82) is 0 Å². The summed E-state index contributed by atoms with van der Waals surface area (Å²) in [7, 11) is 1.53. The van der Waals surface area contributed by atoms with E-state index in [9.17, 15) is 9.59 Å². The molecule has 2 atom stereocenters. The van der Waals surface area contributed by atoms with Crippen molar-refractivity contribution < 1.29 is 14.3 Å². The van der Waals surface area contributed by atoms with Crippen molar-refractivity contribution in [3.63, 3.8) is 0 Å². The Kier molecular flexibility index (Phi) is 3.51. The lowest BCUT2D eigenvalue weighted by Crippen LogP contribution is -2.62. The number of nitrogens with two attached hydrogens (primary N) is 1. The van der Waals surface area contributed by atoms with Crippen LogP contribution >= 0.6 is 0 Å². The van der Waals surface area contributed by atoms with Crippen LogP contribution in [0.25, 0.3) is 0 Å². The minimum absolute atomic E-state index is 0.120. The van der Waals surface area contributed by atoms with Crippen LogP contribution < -0.4 is 15.8 Å². The molecule has 4 saturated carbocycles. The Labute approximate surface area is 141 Å². The van der Waals surface area contributed by atoms with Crippen molar-refractivity contribution in [2.75, 3.05) is 7.11 Å². The van der Waals surface area contributed by atoms with Gasteiger partial charge in [0, 0.05) is 17.5 Å². The lowest BCUT2D eigenvalue weighted by molar-refractivity contribution is -0.145. The zero-order valence-corrected chi connectivity index (χ0v) is 13.8. The van der Waals surface area contributed by atoms with E-state index in [1.165, 1.54) is 7.11 Å². The molecule has 0 saturated heterocycles. The average molecular weight is 329 g/mol. The van der Waals surface area contributed by atoms with Crippen LogP contribution in [0.1, 0.15) is 42.6 Å². The van der Waals surface area contributed by atoms with Gasteiger partial charge in [-0.05, 0) is 55.9 Å². The first kappa shape index (κ1) is 15.4. The maximum absolute atomic E-state index is 12.6. The summed E-state index contributed by atoms with van der Waals surface area (Å²) in [6, 6.07) is 5.30. The highest BCUT2D eigenvalue weighted by Crippen LogP contribution is 2.59. The zero-order valence-electron chi connectivity index (χ0n) is 13.8. The molecule has 0 aliphatic heterocycles. The van der Waals surface area contributed by atoms with Crippen molar-refractivity contribution in [2.45, 2.75) is 38.1 Å². The predicted molar refractivity (Wildman–Crippen MR) is 87.2 cm³/mol. The number of amides is 2. The maximum Gasteiger partial charge on any atom is 0.270 e. The highest BCUT2D eigenvalue weighted by Gasteiger charge is 2.58. The van der Waals surface area contributed by atoms with Gasteiger partial charge in [-0.3, -0.25) is 9.59 Å². The SMILES string of the molecule is COc1cccc(C(=O)NC2C3CC4CC2CC(C(N)=O)(C4)C3)n1. The Balaban J connectivity index is 1.52. The van der Waals surface area contributed by atoms with Crippen LogP contribution in [-0.2, 0) is 4.79 Å². The van der Waals surface area contributed by atoms with Crippen LogP contribution in [-0.4, -0.2) is 29.9 Å². The number of primary amides is 1. The van der Waals surface area contributed by atoms with Gasteiger partial charge in [-0.25, -0.2) is 4.98 Å². The zero-order chi connectivity index (χ0) is 16.9. The van der Waals surface area contributed by atoms with E-state index in [-0.39, 0.29) is 23.3 Å². The lowest BCUT2D eigenvalue weighted by Gasteiger charge is -2.58. The van der Waals surface area contributed by atoms with E-state index < -0.39 is 0 Å². The highest BCUT2D eigenvalue weighted by molar-refractivity contribution is 5.92. The number of nitrogens with one attached hydrogen (secondary N) is 1. The summed E-state index contributed by atoms with van der Waals surface area (Å²) in [5.41, 5.74) is 5.75. The van der Waals surface area contributed by atoms with Gasteiger partial charge in [0.05, 0.1) is 7.11 Å². The van der Waals surface area contributed by atoms with E-state index in [0.717, 1.165) is 32.1 Å². The van der Waals surface area contributed by atoms with Crippen molar-refractivity contribution in [3.05, 3.63) is 23.9 Å². The molecule has 2 amide bonds. The van der Waals surface area contributed by atoms with Crippen LogP contribution in [0.3, 0.4) is 0 Å². The third-order valence-electron chi connectivity index (χ3n) is 6.26. The van der Waals surface area contributed by atoms with E-state index in [1.807, 2.05) is 0 Å². The van der Waals surface area contributed by atoms with E-state index in [4.69, 9.17) is 10.5 Å². The quantitative estimate of drug-likeness (QED) is 0.875. The first-order valence-electron chi connectivity index (χ1n) is 8.62. The van der Waals surface area contributed by atoms with Gasteiger partial charge >= 0.3 is 0 Å². The van der Waals surface area contributed by atoms with Crippen LogP contribution in [0.4, 0.5) is 0 Å². The molecule has 4 fully saturated rings. The number of hydrogen-bond acceptors (Lipinski definition) is 4. The van der Waals surface area contributed by atoms with Gasteiger partial charge in [0.15, 0.2) is 0 Å². The molecular weight excluding hydrogens is 306 g/mol. The largest absolute Gasteiger partial charge is 0.481 e. The summed E-state index contributed by atoms with van der Waals surface area (Å²) in [6.45, 7) is 0. The Hall–Kier alpha value is -2.11. The third-order valence-corrected chi connectivity index (χ3v) is 6.26. The molecule has 6 heteroatoms. The summed E-state index contributed by atoms with van der Waals surface area (Å²) < 4.78 is 5.09. The topological polar surface area (TPSA) is 94.3 Å². The second-order valence-corrected chi connectivity index (χ2v) is 7.68. The van der Waals surface area contributed by atoms with Gasteiger partial charge in [-0.15, -0.1) is 0 Å². The average Bonchev–Trinajstić information content (AvgIpc) is 2.57. The van der Waals surface area contributed by atoms with Gasteiger partial charge in [-0.2, -0.15) is 0 Å². The van der Waals surface area contributed by atoms with Crippen molar-refractivity contribution in [1.82, 2.24) is 10.3 Å². The van der Waals surface area contributed by atoms with Gasteiger partial charge in [-0.1, -0.05) is 6.07 Å². The fraction of sp³-hybridized carbons (Fsp3) is 0.611. The fourth-order valence-electron chi connectivity index (χ4n) is 5.44. The molecule has 1 aromatic rings. The van der Waals surface area contributed by atoms with Crippen molar-refractivity contribution in [3.8, 4) is 5.88 Å². The number of ether oxygens (including phenoxy) is 1. The minimum Gasteiger partial charge on any atom is -0.481 e. The predicted octanol–water partition coefficient (Wildman–Crippen LogP) is 1.50. The number of aromatic nitrogens is 1. The number of carbonyl (C=O) groups is 2. The van der Waals surface area contributed by atoms with Crippen LogP contribution in [0, 0.1) is 23.2 Å². The molecule has 0 aromatic carbocycles. The highest BCUT2D eigenvalue weighted by atomic mass is 16.5. The molecule has 1 aromatic heterocycles. The van der Waals surface area contributed by atoms with E-state index >= 15 is 0 Å². The first-order chi connectivity index (χ1) is 11.5. The molecule has 5 rings (SSSR count). The molecule has 4 aliphatic rings. The summed E-state index contributed by atoms with van der Waals surface area (Å²) >= 11 is 0. The molecule has 128 valence electrons. The summed E-state index contributed by atoms with van der Waals surface area (Å²) in [4.78, 5) is 28.8. The van der Waals surface area contributed by atoms with E-state index in [2.05, 4.69) is 10.3 Å². The van der Waals surface area contributed by atoms with E-state index in [0.29, 0.717) is 29.3 Å². The summed E-state index contributed by atoms with van der Waals surface area (Å²) in [6.07, 6.45) is 4.73. The molecule has 0 radical (unpaired) electrons. The molecule has 24 heavy (non-hydrogen) atoms. The molecule has 3 N–H and O–H groups in total. The number of carbonyl (C=O) groups excluding carboxylic acids is 2. The molecule has 0 spiro atoms. The standard InChI is InChI=1S/C18H23N3O3/c1-24-14-4-2-3-13(20-14)16(22)21-15-11-5-10-6-12(15)9-18(7-10,8-11)17(19)23/h2-4,10-12,15H,5-9H2,1H3,(H2,19,23)(H,21,22). The van der Waals surface area contributed by atoms with Crippen LogP contribution in [0.2, 0.25) is 0 Å². The molecular formula is C18H23N3O3. The van der Waals surface area contributed by atoms with Gasteiger partial charge < -0.3 is 15.8 Å².